The van der Waals surface area contributed by atoms with Gasteiger partial charge in [-0.3, -0.25) is 0 Å². The van der Waals surface area contributed by atoms with E-state index in [-0.39, 0.29) is 0 Å². The van der Waals surface area contributed by atoms with Crippen LogP contribution in [0.25, 0.3) is 0 Å². The van der Waals surface area contributed by atoms with Crippen LogP contribution in [0.5, 0.6) is 0 Å². The quantitative estimate of drug-likeness (QED) is 0.481. The van der Waals surface area contributed by atoms with Gasteiger partial charge in [-0.05, 0) is 26.4 Å². The number of nitrogens with one attached hydrogen (secondary N) is 2. The molecule has 0 saturated carbocycles. The van der Waals surface area contributed by atoms with Gasteiger partial charge in [0, 0.05) is 0 Å². The first-order valence-electron chi connectivity index (χ1n) is 2.84. The lowest BCUT2D eigenvalue weighted by molar-refractivity contribution is 0.530. The summed E-state index contributed by atoms with van der Waals surface area (Å²) in [6.45, 7) is 1.19. The van der Waals surface area contributed by atoms with Crippen molar-refractivity contribution in [2.45, 2.75) is 19.0 Å². The number of hydrogen-bond donors (Lipinski definition) is 2. The number of hydrogen-bond acceptors (Lipinski definition) is 2. The monoisotopic (exact) mass is 100 g/mol. The molecule has 2 nitrogen and oxygen atoms in total. The maximum atomic E-state index is 3.30. The van der Waals surface area contributed by atoms with E-state index in [4.69, 9.17) is 0 Å². The maximum Gasteiger partial charge on any atom is 0.0569 e. The van der Waals surface area contributed by atoms with Gasteiger partial charge in [0.25, 0.3) is 0 Å². The van der Waals surface area contributed by atoms with Crippen LogP contribution in [-0.4, -0.2) is 19.8 Å². The van der Waals surface area contributed by atoms with Crippen molar-refractivity contribution in [3.05, 3.63) is 0 Å². The molecule has 1 unspecified atom stereocenters. The maximum absolute atomic E-state index is 3.30. The molecule has 1 aliphatic heterocycles. The van der Waals surface area contributed by atoms with Crippen molar-refractivity contribution in [3.8, 4) is 0 Å². The first kappa shape index (κ1) is 5.06. The van der Waals surface area contributed by atoms with Gasteiger partial charge in [0.1, 0.15) is 0 Å². The highest BCUT2D eigenvalue weighted by atomic mass is 15.1. The standard InChI is InChI=1S/C5H12N2/c1-6-5-3-2-4-7-5/h5-7H,2-4H2,1H3. The average molecular weight is 100 g/mol. The van der Waals surface area contributed by atoms with Crippen molar-refractivity contribution in [1.82, 2.24) is 10.6 Å². The van der Waals surface area contributed by atoms with Gasteiger partial charge in [-0.15, -0.1) is 0 Å². The minimum Gasteiger partial charge on any atom is -0.305 e. The summed E-state index contributed by atoms with van der Waals surface area (Å²) >= 11 is 0. The van der Waals surface area contributed by atoms with E-state index in [0.29, 0.717) is 6.17 Å². The third-order valence-corrected chi connectivity index (χ3v) is 1.41. The molecule has 1 fully saturated rings. The zero-order chi connectivity index (χ0) is 5.11. The molecule has 0 aromatic carbocycles. The average Bonchev–Trinajstić information content (AvgIpc) is 2.14. The van der Waals surface area contributed by atoms with E-state index in [1.165, 1.54) is 19.4 Å². The van der Waals surface area contributed by atoms with Gasteiger partial charge in [-0.2, -0.15) is 0 Å². The Kier molecular flexibility index (Phi) is 1.65. The van der Waals surface area contributed by atoms with Crippen LogP contribution in [0, 0.1) is 0 Å². The molecule has 1 atom stereocenters. The predicted molar refractivity (Wildman–Crippen MR) is 30.1 cm³/mol. The Bertz CT molecular complexity index is 48.0. The van der Waals surface area contributed by atoms with Crippen molar-refractivity contribution < 1.29 is 0 Å². The highest BCUT2D eigenvalue weighted by Gasteiger charge is 2.09. The van der Waals surface area contributed by atoms with E-state index < -0.39 is 0 Å². The zero-order valence-electron chi connectivity index (χ0n) is 4.70. The summed E-state index contributed by atoms with van der Waals surface area (Å²) in [5.41, 5.74) is 0. The van der Waals surface area contributed by atoms with E-state index in [1.807, 2.05) is 7.05 Å². The highest BCUT2D eigenvalue weighted by Crippen LogP contribution is 1.99. The van der Waals surface area contributed by atoms with Gasteiger partial charge in [0.05, 0.1) is 6.17 Å². The molecule has 7 heavy (non-hydrogen) atoms. The fraction of sp³-hybridized carbons (Fsp3) is 1.00. The van der Waals surface area contributed by atoms with Gasteiger partial charge in [0.15, 0.2) is 0 Å². The third kappa shape index (κ3) is 1.14. The summed E-state index contributed by atoms with van der Waals surface area (Å²) in [5, 5.41) is 6.45. The van der Waals surface area contributed by atoms with Crippen molar-refractivity contribution in [1.29, 1.82) is 0 Å². The Labute approximate surface area is 44.3 Å². The van der Waals surface area contributed by atoms with Crippen LogP contribution in [0.4, 0.5) is 0 Å². The van der Waals surface area contributed by atoms with Gasteiger partial charge >= 0.3 is 0 Å². The molecular formula is C5H12N2. The van der Waals surface area contributed by atoms with E-state index in [0.717, 1.165) is 0 Å². The van der Waals surface area contributed by atoms with Gasteiger partial charge in [-0.1, -0.05) is 0 Å². The van der Waals surface area contributed by atoms with Crippen molar-refractivity contribution in [2.75, 3.05) is 13.6 Å². The molecular weight excluding hydrogens is 88.1 g/mol. The normalized spacial score (nSPS) is 31.3. The lowest BCUT2D eigenvalue weighted by atomic mass is 10.3. The molecule has 0 spiro atoms. The van der Waals surface area contributed by atoms with E-state index in [9.17, 15) is 0 Å². The van der Waals surface area contributed by atoms with E-state index in [1.54, 1.807) is 0 Å². The molecule has 2 heteroatoms. The molecule has 0 bridgehead atoms. The van der Waals surface area contributed by atoms with Crippen molar-refractivity contribution in [3.63, 3.8) is 0 Å². The van der Waals surface area contributed by atoms with Gasteiger partial charge < -0.3 is 10.6 Å². The molecule has 42 valence electrons. The molecule has 0 aromatic heterocycles. The largest absolute Gasteiger partial charge is 0.305 e. The predicted octanol–water partition coefficient (Wildman–Crippen LogP) is -0.0847. The Balaban J connectivity index is 2.14. The molecule has 1 rings (SSSR count). The van der Waals surface area contributed by atoms with Crippen LogP contribution in [0.15, 0.2) is 0 Å². The molecule has 1 heterocycles. The van der Waals surface area contributed by atoms with Crippen molar-refractivity contribution >= 4 is 0 Å². The zero-order valence-corrected chi connectivity index (χ0v) is 4.70. The van der Waals surface area contributed by atoms with Crippen LogP contribution in [-0.2, 0) is 0 Å². The van der Waals surface area contributed by atoms with Gasteiger partial charge in [-0.25, -0.2) is 0 Å². The molecule has 0 radical (unpaired) electrons. The van der Waals surface area contributed by atoms with E-state index in [2.05, 4.69) is 10.6 Å². The molecule has 2 N–H and O–H groups in total. The number of rotatable bonds is 1. The molecule has 0 amide bonds. The van der Waals surface area contributed by atoms with Crippen LogP contribution in [0.2, 0.25) is 0 Å². The third-order valence-electron chi connectivity index (χ3n) is 1.41. The van der Waals surface area contributed by atoms with Crippen LogP contribution < -0.4 is 10.6 Å². The topological polar surface area (TPSA) is 24.1 Å². The smallest absolute Gasteiger partial charge is 0.0569 e. The van der Waals surface area contributed by atoms with Crippen molar-refractivity contribution in [2.24, 2.45) is 0 Å². The van der Waals surface area contributed by atoms with Gasteiger partial charge in [0.2, 0.25) is 0 Å². The second-order valence-corrected chi connectivity index (χ2v) is 1.94. The summed E-state index contributed by atoms with van der Waals surface area (Å²) in [7, 11) is 1.99. The van der Waals surface area contributed by atoms with Crippen LogP contribution in [0.3, 0.4) is 0 Å². The second kappa shape index (κ2) is 2.28. The Morgan fingerprint density at radius 3 is 2.86 bits per heavy atom. The van der Waals surface area contributed by atoms with E-state index >= 15 is 0 Å². The van der Waals surface area contributed by atoms with Crippen LogP contribution >= 0.6 is 0 Å². The fourth-order valence-corrected chi connectivity index (χ4v) is 0.931. The summed E-state index contributed by atoms with van der Waals surface area (Å²) in [6, 6.07) is 0. The lowest BCUT2D eigenvalue weighted by Crippen LogP contribution is -2.34. The van der Waals surface area contributed by atoms with Crippen LogP contribution in [0.1, 0.15) is 12.8 Å². The fourth-order valence-electron chi connectivity index (χ4n) is 0.931. The molecule has 1 aliphatic rings. The highest BCUT2D eigenvalue weighted by molar-refractivity contribution is 4.68. The molecule has 0 aromatic rings. The molecule has 1 saturated heterocycles. The summed E-state index contributed by atoms with van der Waals surface area (Å²) in [4.78, 5) is 0. The first-order valence-corrected chi connectivity index (χ1v) is 2.84. The molecule has 0 aliphatic carbocycles. The summed E-state index contributed by atoms with van der Waals surface area (Å²) < 4.78 is 0. The Hall–Kier alpha value is -0.0800. The first-order chi connectivity index (χ1) is 3.43. The Morgan fingerprint density at radius 1 is 1.71 bits per heavy atom. The summed E-state index contributed by atoms with van der Waals surface area (Å²) in [5.74, 6) is 0. The summed E-state index contributed by atoms with van der Waals surface area (Å²) in [6.07, 6.45) is 3.21. The minimum absolute atomic E-state index is 0.597. The SMILES string of the molecule is CNC1CCCN1. The second-order valence-electron chi connectivity index (χ2n) is 1.94. The lowest BCUT2D eigenvalue weighted by Gasteiger charge is -2.05. The Morgan fingerprint density at radius 2 is 2.57 bits per heavy atom. The minimum atomic E-state index is 0.597.